The Bertz CT molecular complexity index is 592. The second-order valence-corrected chi connectivity index (χ2v) is 5.25. The Hall–Kier alpha value is -1.96. The molecule has 98 valence electrons. The first kappa shape index (κ1) is 12.1. The average molecular weight is 253 g/mol. The van der Waals surface area contributed by atoms with E-state index in [2.05, 4.69) is 61.6 Å². The van der Waals surface area contributed by atoms with Crippen molar-refractivity contribution >= 4 is 5.69 Å². The molecule has 0 spiro atoms. The zero-order valence-electron chi connectivity index (χ0n) is 11.4. The number of hydrogen-bond donors (Lipinski definition) is 1. The van der Waals surface area contributed by atoms with E-state index in [1.165, 1.54) is 22.4 Å². The molecule has 0 aliphatic carbocycles. The maximum Gasteiger partial charge on any atom is 0.123 e. The zero-order valence-corrected chi connectivity index (χ0v) is 11.4. The molecule has 1 unspecified atom stereocenters. The number of benzene rings is 2. The van der Waals surface area contributed by atoms with Crippen LogP contribution in [0.5, 0.6) is 5.75 Å². The molecule has 2 heteroatoms. The maximum atomic E-state index is 5.96. The van der Waals surface area contributed by atoms with Crippen LogP contribution in [-0.2, 0) is 6.42 Å². The molecule has 1 atom stereocenters. The van der Waals surface area contributed by atoms with Gasteiger partial charge in [0.05, 0.1) is 6.54 Å². The fourth-order valence-electron chi connectivity index (χ4n) is 2.56. The molecule has 2 nitrogen and oxygen atoms in total. The molecule has 1 heterocycles. The van der Waals surface area contributed by atoms with Gasteiger partial charge in [-0.1, -0.05) is 35.9 Å². The van der Waals surface area contributed by atoms with Gasteiger partial charge in [0.1, 0.15) is 11.9 Å². The predicted octanol–water partition coefficient (Wildman–Crippen LogP) is 3.72. The normalized spacial score (nSPS) is 16.8. The SMILES string of the molecule is Cc1ccc2c(c1)CC(CNc1ccccc1C)O2. The monoisotopic (exact) mass is 253 g/mol. The van der Waals surface area contributed by atoms with Crippen molar-refractivity contribution in [1.82, 2.24) is 0 Å². The van der Waals surface area contributed by atoms with E-state index in [1.54, 1.807) is 0 Å². The molecule has 0 amide bonds. The fourth-order valence-corrected chi connectivity index (χ4v) is 2.56. The van der Waals surface area contributed by atoms with Gasteiger partial charge < -0.3 is 10.1 Å². The number of nitrogens with one attached hydrogen (secondary N) is 1. The molecular weight excluding hydrogens is 234 g/mol. The highest BCUT2D eigenvalue weighted by atomic mass is 16.5. The van der Waals surface area contributed by atoms with Crippen molar-refractivity contribution < 1.29 is 4.74 Å². The Kier molecular flexibility index (Phi) is 3.16. The molecule has 0 bridgehead atoms. The van der Waals surface area contributed by atoms with Gasteiger partial charge in [0.2, 0.25) is 0 Å². The molecule has 0 fully saturated rings. The van der Waals surface area contributed by atoms with Crippen molar-refractivity contribution in [2.45, 2.75) is 26.4 Å². The van der Waals surface area contributed by atoms with Crippen LogP contribution >= 0.6 is 0 Å². The molecule has 3 rings (SSSR count). The first-order chi connectivity index (χ1) is 9.22. The number of hydrogen-bond acceptors (Lipinski definition) is 2. The van der Waals surface area contributed by atoms with Crippen molar-refractivity contribution in [3.8, 4) is 5.75 Å². The van der Waals surface area contributed by atoms with Crippen LogP contribution < -0.4 is 10.1 Å². The Balaban J connectivity index is 1.63. The lowest BCUT2D eigenvalue weighted by molar-refractivity contribution is 0.246. The summed E-state index contributed by atoms with van der Waals surface area (Å²) in [5, 5.41) is 3.48. The lowest BCUT2D eigenvalue weighted by Crippen LogP contribution is -2.24. The summed E-state index contributed by atoms with van der Waals surface area (Å²) in [4.78, 5) is 0. The van der Waals surface area contributed by atoms with Gasteiger partial charge in [-0.2, -0.15) is 0 Å². The molecule has 2 aromatic carbocycles. The summed E-state index contributed by atoms with van der Waals surface area (Å²) in [6, 6.07) is 14.8. The van der Waals surface area contributed by atoms with E-state index in [4.69, 9.17) is 4.74 Å². The summed E-state index contributed by atoms with van der Waals surface area (Å²) in [5.74, 6) is 1.04. The van der Waals surface area contributed by atoms with E-state index < -0.39 is 0 Å². The van der Waals surface area contributed by atoms with Crippen LogP contribution in [0.15, 0.2) is 42.5 Å². The van der Waals surface area contributed by atoms with Crippen molar-refractivity contribution in [3.63, 3.8) is 0 Å². The summed E-state index contributed by atoms with van der Waals surface area (Å²) in [7, 11) is 0. The first-order valence-corrected chi connectivity index (χ1v) is 6.78. The molecule has 0 aromatic heterocycles. The third-order valence-electron chi connectivity index (χ3n) is 3.62. The molecule has 1 N–H and O–H groups in total. The van der Waals surface area contributed by atoms with E-state index in [9.17, 15) is 0 Å². The molecule has 2 aromatic rings. The van der Waals surface area contributed by atoms with Crippen LogP contribution in [0.25, 0.3) is 0 Å². The van der Waals surface area contributed by atoms with Gasteiger partial charge >= 0.3 is 0 Å². The molecular formula is C17H19NO. The van der Waals surface area contributed by atoms with Gasteiger partial charge in [0, 0.05) is 12.1 Å². The van der Waals surface area contributed by atoms with Gasteiger partial charge in [0.25, 0.3) is 0 Å². The van der Waals surface area contributed by atoms with Gasteiger partial charge in [-0.15, -0.1) is 0 Å². The Morgan fingerprint density at radius 1 is 1.16 bits per heavy atom. The Morgan fingerprint density at radius 2 is 2.00 bits per heavy atom. The first-order valence-electron chi connectivity index (χ1n) is 6.78. The van der Waals surface area contributed by atoms with Gasteiger partial charge in [-0.25, -0.2) is 0 Å². The van der Waals surface area contributed by atoms with Crippen molar-refractivity contribution in [2.75, 3.05) is 11.9 Å². The van der Waals surface area contributed by atoms with Crippen LogP contribution in [0, 0.1) is 13.8 Å². The molecule has 0 saturated heterocycles. The summed E-state index contributed by atoms with van der Waals surface area (Å²) >= 11 is 0. The lowest BCUT2D eigenvalue weighted by atomic mass is 10.1. The Labute approximate surface area is 114 Å². The zero-order chi connectivity index (χ0) is 13.2. The third-order valence-corrected chi connectivity index (χ3v) is 3.62. The number of rotatable bonds is 3. The van der Waals surface area contributed by atoms with Crippen LogP contribution in [0.4, 0.5) is 5.69 Å². The van der Waals surface area contributed by atoms with Gasteiger partial charge in [0.15, 0.2) is 0 Å². The van der Waals surface area contributed by atoms with Crippen LogP contribution in [0.1, 0.15) is 16.7 Å². The van der Waals surface area contributed by atoms with Crippen molar-refractivity contribution in [2.24, 2.45) is 0 Å². The van der Waals surface area contributed by atoms with Crippen LogP contribution in [0.2, 0.25) is 0 Å². The maximum absolute atomic E-state index is 5.96. The molecule has 19 heavy (non-hydrogen) atoms. The van der Waals surface area contributed by atoms with Gasteiger partial charge in [-0.05, 0) is 37.1 Å². The minimum absolute atomic E-state index is 0.233. The van der Waals surface area contributed by atoms with E-state index >= 15 is 0 Å². The van der Waals surface area contributed by atoms with Crippen molar-refractivity contribution in [3.05, 3.63) is 59.2 Å². The number of para-hydroxylation sites is 1. The smallest absolute Gasteiger partial charge is 0.123 e. The average Bonchev–Trinajstić information content (AvgIpc) is 2.79. The third kappa shape index (κ3) is 2.58. The second-order valence-electron chi connectivity index (χ2n) is 5.25. The minimum Gasteiger partial charge on any atom is -0.488 e. The van der Waals surface area contributed by atoms with Crippen molar-refractivity contribution in [1.29, 1.82) is 0 Å². The topological polar surface area (TPSA) is 21.3 Å². The predicted molar refractivity (Wildman–Crippen MR) is 79.0 cm³/mol. The second kappa shape index (κ2) is 4.96. The summed E-state index contributed by atoms with van der Waals surface area (Å²) in [6.07, 6.45) is 1.23. The highest BCUT2D eigenvalue weighted by molar-refractivity contribution is 5.50. The minimum atomic E-state index is 0.233. The lowest BCUT2D eigenvalue weighted by Gasteiger charge is -2.14. The van der Waals surface area contributed by atoms with E-state index in [0.29, 0.717) is 0 Å². The molecule has 0 radical (unpaired) electrons. The number of fused-ring (bicyclic) bond motifs is 1. The summed E-state index contributed by atoms with van der Waals surface area (Å²) < 4.78 is 5.96. The number of anilines is 1. The quantitative estimate of drug-likeness (QED) is 0.900. The van der Waals surface area contributed by atoms with Crippen LogP contribution in [0.3, 0.4) is 0 Å². The number of aryl methyl sites for hydroxylation is 2. The Morgan fingerprint density at radius 3 is 2.84 bits per heavy atom. The van der Waals surface area contributed by atoms with Gasteiger partial charge in [-0.3, -0.25) is 0 Å². The largest absolute Gasteiger partial charge is 0.488 e. The van der Waals surface area contributed by atoms with E-state index in [1.807, 2.05) is 0 Å². The van der Waals surface area contributed by atoms with E-state index in [-0.39, 0.29) is 6.10 Å². The van der Waals surface area contributed by atoms with E-state index in [0.717, 1.165) is 18.7 Å². The molecule has 1 aliphatic heterocycles. The number of ether oxygens (including phenoxy) is 1. The van der Waals surface area contributed by atoms with Crippen LogP contribution in [-0.4, -0.2) is 12.6 Å². The molecule has 0 saturated carbocycles. The summed E-state index contributed by atoms with van der Waals surface area (Å²) in [6.45, 7) is 5.09. The highest BCUT2D eigenvalue weighted by Crippen LogP contribution is 2.29. The standard InChI is InChI=1S/C17H19NO/c1-12-7-8-17-14(9-12)10-15(19-17)11-18-16-6-4-3-5-13(16)2/h3-9,15,18H,10-11H2,1-2H3. The fraction of sp³-hybridized carbons (Fsp3) is 0.294. The molecule has 1 aliphatic rings. The highest BCUT2D eigenvalue weighted by Gasteiger charge is 2.22. The summed E-state index contributed by atoms with van der Waals surface area (Å²) in [5.41, 5.74) is 5.10.